The van der Waals surface area contributed by atoms with Gasteiger partial charge >= 0.3 is 0 Å². The topological polar surface area (TPSA) is 127 Å². The number of hydrogen-bond acceptors (Lipinski definition) is 7. The van der Waals surface area contributed by atoms with Crippen molar-refractivity contribution in [2.45, 2.75) is 11.8 Å². The highest BCUT2D eigenvalue weighted by Crippen LogP contribution is 2.28. The van der Waals surface area contributed by atoms with E-state index >= 15 is 0 Å². The molecule has 112 valence electrons. The minimum atomic E-state index is -3.95. The van der Waals surface area contributed by atoms with Crippen LogP contribution in [0.4, 0.5) is 17.1 Å². The van der Waals surface area contributed by atoms with E-state index in [1.54, 1.807) is 6.92 Å². The van der Waals surface area contributed by atoms with Gasteiger partial charge in [0.2, 0.25) is 0 Å². The molecular weight excluding hydrogens is 300 g/mol. The lowest BCUT2D eigenvalue weighted by Gasteiger charge is -2.08. The highest BCUT2D eigenvalue weighted by Gasteiger charge is 2.21. The monoisotopic (exact) mass is 312 g/mol. The van der Waals surface area contributed by atoms with E-state index in [0.717, 1.165) is 12.3 Å². The lowest BCUT2D eigenvalue weighted by atomic mass is 10.2. The minimum Gasteiger partial charge on any atom is -0.380 e. The third-order valence-corrected chi connectivity index (χ3v) is 3.91. The number of nitrogens with one attached hydrogen (secondary N) is 2. The Morgan fingerprint density at radius 3 is 2.76 bits per heavy atom. The van der Waals surface area contributed by atoms with Gasteiger partial charge < -0.3 is 9.84 Å². The van der Waals surface area contributed by atoms with Crippen LogP contribution < -0.4 is 10.0 Å². The Balaban J connectivity index is 2.39. The highest BCUT2D eigenvalue weighted by atomic mass is 32.2. The van der Waals surface area contributed by atoms with Crippen molar-refractivity contribution >= 4 is 27.1 Å². The lowest BCUT2D eigenvalue weighted by molar-refractivity contribution is -0.384. The summed E-state index contributed by atoms with van der Waals surface area (Å²) in [7, 11) is -3.95. The molecule has 0 radical (unpaired) electrons. The number of sulfonamides is 1. The van der Waals surface area contributed by atoms with Crippen LogP contribution in [0.3, 0.4) is 0 Å². The molecular formula is C11H12N4O5S. The zero-order chi connectivity index (χ0) is 15.5. The standard InChI is InChI=1S/C11H12N4O5S/c1-2-12-10-4-3-9(5-11(10)15(16)17)21(18,19)14-8-6-13-20-7-8/h3-7,12,14H,2H2,1H3. The van der Waals surface area contributed by atoms with Gasteiger partial charge in [-0.25, -0.2) is 8.42 Å². The van der Waals surface area contributed by atoms with Crippen molar-refractivity contribution in [2.24, 2.45) is 0 Å². The van der Waals surface area contributed by atoms with Gasteiger partial charge in [-0.3, -0.25) is 14.8 Å². The molecule has 0 aliphatic carbocycles. The summed E-state index contributed by atoms with van der Waals surface area (Å²) < 4.78 is 31.0. The van der Waals surface area contributed by atoms with Crippen molar-refractivity contribution in [2.75, 3.05) is 16.6 Å². The van der Waals surface area contributed by atoms with Gasteiger partial charge in [0.05, 0.1) is 16.0 Å². The fraction of sp³-hybridized carbons (Fsp3) is 0.182. The first-order valence-electron chi connectivity index (χ1n) is 5.88. The normalized spacial score (nSPS) is 11.1. The first-order valence-corrected chi connectivity index (χ1v) is 7.37. The molecule has 2 N–H and O–H groups in total. The average Bonchev–Trinajstić information content (AvgIpc) is 2.91. The van der Waals surface area contributed by atoms with Crippen LogP contribution in [0.15, 0.2) is 40.1 Å². The largest absolute Gasteiger partial charge is 0.380 e. The van der Waals surface area contributed by atoms with Crippen molar-refractivity contribution in [1.29, 1.82) is 0 Å². The third kappa shape index (κ3) is 3.28. The zero-order valence-corrected chi connectivity index (χ0v) is 11.8. The Kier molecular flexibility index (Phi) is 4.08. The molecule has 2 rings (SSSR count). The van der Waals surface area contributed by atoms with Gasteiger partial charge in [-0.15, -0.1) is 0 Å². The Morgan fingerprint density at radius 2 is 2.19 bits per heavy atom. The molecule has 0 fully saturated rings. The lowest BCUT2D eigenvalue weighted by Crippen LogP contribution is -2.13. The summed E-state index contributed by atoms with van der Waals surface area (Å²) in [4.78, 5) is 10.2. The second-order valence-electron chi connectivity index (χ2n) is 3.99. The smallest absolute Gasteiger partial charge is 0.293 e. The van der Waals surface area contributed by atoms with Crippen molar-refractivity contribution in [3.63, 3.8) is 0 Å². The first-order chi connectivity index (χ1) is 9.94. The number of nitro groups is 1. The summed E-state index contributed by atoms with van der Waals surface area (Å²) in [6.45, 7) is 2.26. The van der Waals surface area contributed by atoms with Crippen LogP contribution in [0, 0.1) is 10.1 Å². The van der Waals surface area contributed by atoms with Gasteiger partial charge in [-0.05, 0) is 19.1 Å². The molecule has 0 bridgehead atoms. The van der Waals surface area contributed by atoms with E-state index < -0.39 is 14.9 Å². The molecule has 0 spiro atoms. The van der Waals surface area contributed by atoms with Gasteiger partial charge in [-0.1, -0.05) is 5.16 Å². The van der Waals surface area contributed by atoms with E-state index in [1.807, 2.05) is 0 Å². The Bertz CT molecular complexity index is 742. The number of nitrogens with zero attached hydrogens (tertiary/aromatic N) is 2. The molecule has 21 heavy (non-hydrogen) atoms. The number of hydrogen-bond donors (Lipinski definition) is 2. The van der Waals surface area contributed by atoms with Crippen LogP contribution in [0.25, 0.3) is 0 Å². The molecule has 0 atom stereocenters. The van der Waals surface area contributed by atoms with Crippen LogP contribution in [-0.2, 0) is 10.0 Å². The SMILES string of the molecule is CCNc1ccc(S(=O)(=O)Nc2cnoc2)cc1[N+](=O)[O-]. The van der Waals surface area contributed by atoms with Crippen molar-refractivity contribution in [3.05, 3.63) is 40.8 Å². The molecule has 1 aromatic carbocycles. The Labute approximate surface area is 120 Å². The summed E-state index contributed by atoms with van der Waals surface area (Å²) in [5.74, 6) is 0. The van der Waals surface area contributed by atoms with E-state index in [9.17, 15) is 18.5 Å². The number of nitro benzene ring substituents is 1. The molecule has 0 saturated carbocycles. The maximum absolute atomic E-state index is 12.1. The van der Waals surface area contributed by atoms with Gasteiger partial charge in [0, 0.05) is 12.6 Å². The first kappa shape index (κ1) is 14.8. The second kappa shape index (κ2) is 5.79. The summed E-state index contributed by atoms with van der Waals surface area (Å²) in [6.07, 6.45) is 2.29. The van der Waals surface area contributed by atoms with Crippen LogP contribution >= 0.6 is 0 Å². The van der Waals surface area contributed by atoms with E-state index in [0.29, 0.717) is 6.54 Å². The molecule has 10 heteroatoms. The molecule has 1 aromatic heterocycles. The van der Waals surface area contributed by atoms with Crippen molar-refractivity contribution in [3.8, 4) is 0 Å². The number of anilines is 2. The maximum Gasteiger partial charge on any atom is 0.293 e. The molecule has 1 heterocycles. The molecule has 2 aromatic rings. The van der Waals surface area contributed by atoms with Gasteiger partial charge in [0.25, 0.3) is 15.7 Å². The van der Waals surface area contributed by atoms with Gasteiger partial charge in [0.1, 0.15) is 17.6 Å². The van der Waals surface area contributed by atoms with E-state index in [4.69, 9.17) is 0 Å². The fourth-order valence-corrected chi connectivity index (χ4v) is 2.68. The van der Waals surface area contributed by atoms with Crippen LogP contribution in [0.5, 0.6) is 0 Å². The van der Waals surface area contributed by atoms with E-state index in [1.165, 1.54) is 18.3 Å². The maximum atomic E-state index is 12.1. The quantitative estimate of drug-likeness (QED) is 0.615. The minimum absolute atomic E-state index is 0.133. The molecule has 0 aliphatic heterocycles. The van der Waals surface area contributed by atoms with E-state index in [-0.39, 0.29) is 22.0 Å². The predicted octanol–water partition coefficient (Wildman–Crippen LogP) is 1.82. The number of rotatable bonds is 6. The summed E-state index contributed by atoms with van der Waals surface area (Å²) >= 11 is 0. The van der Waals surface area contributed by atoms with Crippen LogP contribution in [0.1, 0.15) is 6.92 Å². The number of benzene rings is 1. The average molecular weight is 312 g/mol. The third-order valence-electron chi connectivity index (χ3n) is 2.53. The Morgan fingerprint density at radius 1 is 1.43 bits per heavy atom. The molecule has 0 saturated heterocycles. The Hall–Kier alpha value is -2.62. The van der Waals surface area contributed by atoms with Crippen LogP contribution in [-0.4, -0.2) is 25.0 Å². The molecule has 9 nitrogen and oxygen atoms in total. The fourth-order valence-electron chi connectivity index (χ4n) is 1.64. The summed E-state index contributed by atoms with van der Waals surface area (Å²) in [5, 5.41) is 17.2. The van der Waals surface area contributed by atoms with Crippen molar-refractivity contribution in [1.82, 2.24) is 5.16 Å². The summed E-state index contributed by atoms with van der Waals surface area (Å²) in [5.41, 5.74) is 0.0740. The summed E-state index contributed by atoms with van der Waals surface area (Å²) in [6, 6.07) is 3.62. The number of aromatic nitrogens is 1. The van der Waals surface area contributed by atoms with Crippen LogP contribution in [0.2, 0.25) is 0 Å². The second-order valence-corrected chi connectivity index (χ2v) is 5.67. The van der Waals surface area contributed by atoms with Gasteiger partial charge in [-0.2, -0.15) is 0 Å². The predicted molar refractivity (Wildman–Crippen MR) is 74.6 cm³/mol. The van der Waals surface area contributed by atoms with Crippen molar-refractivity contribution < 1.29 is 17.9 Å². The molecule has 0 amide bonds. The van der Waals surface area contributed by atoms with E-state index in [2.05, 4.69) is 19.7 Å². The molecule has 0 aliphatic rings. The molecule has 0 unspecified atom stereocenters. The zero-order valence-electron chi connectivity index (χ0n) is 10.9. The van der Waals surface area contributed by atoms with Gasteiger partial charge in [0.15, 0.2) is 0 Å². The highest BCUT2D eigenvalue weighted by molar-refractivity contribution is 7.92.